The van der Waals surface area contributed by atoms with Gasteiger partial charge in [-0.15, -0.1) is 0 Å². The molecule has 0 radical (unpaired) electrons. The molecule has 0 spiro atoms. The van der Waals surface area contributed by atoms with Crippen LogP contribution in [0.4, 0.5) is 20.2 Å². The number of carbonyl (C=O) groups excluding carboxylic acids is 2. The number of piperidine rings is 1. The van der Waals surface area contributed by atoms with Crippen molar-refractivity contribution in [3.8, 4) is 17.4 Å². The van der Waals surface area contributed by atoms with Crippen molar-refractivity contribution >= 4 is 28.7 Å². The van der Waals surface area contributed by atoms with Crippen LogP contribution in [0.15, 0.2) is 55.0 Å². The van der Waals surface area contributed by atoms with Gasteiger partial charge in [0.05, 0.1) is 12.3 Å². The summed E-state index contributed by atoms with van der Waals surface area (Å²) in [5, 5.41) is 29.6. The first-order valence-corrected chi connectivity index (χ1v) is 15.0. The Kier molecular flexibility index (Phi) is 8.84. The normalized spacial score (nSPS) is 17.0. The van der Waals surface area contributed by atoms with E-state index in [1.807, 2.05) is 0 Å². The van der Waals surface area contributed by atoms with Crippen LogP contribution in [-0.2, 0) is 9.59 Å². The van der Waals surface area contributed by atoms with Gasteiger partial charge in [0.25, 0.3) is 0 Å². The quantitative estimate of drug-likeness (QED) is 0.181. The Morgan fingerprint density at radius 1 is 1.04 bits per heavy atom. The predicted molar refractivity (Wildman–Crippen MR) is 163 cm³/mol. The molecule has 14 heteroatoms. The minimum Gasteiger partial charge on any atom is -0.489 e. The molecule has 1 unspecified atom stereocenters. The van der Waals surface area contributed by atoms with E-state index in [0.717, 1.165) is 6.07 Å². The van der Waals surface area contributed by atoms with Gasteiger partial charge in [-0.25, -0.2) is 13.3 Å². The number of fused-ring (bicyclic) bond motifs is 1. The van der Waals surface area contributed by atoms with E-state index < -0.39 is 35.0 Å². The zero-order valence-corrected chi connectivity index (χ0v) is 25.1. The van der Waals surface area contributed by atoms with E-state index in [4.69, 9.17) is 9.47 Å². The molecule has 2 amide bonds. The summed E-state index contributed by atoms with van der Waals surface area (Å²) in [4.78, 5) is 32.1. The van der Waals surface area contributed by atoms with E-state index in [1.54, 1.807) is 13.1 Å². The van der Waals surface area contributed by atoms with E-state index in [1.165, 1.54) is 47.2 Å². The Labute approximate surface area is 262 Å². The highest BCUT2D eigenvalue weighted by atomic mass is 19.1. The molecule has 1 saturated heterocycles. The monoisotopic (exact) mass is 636 g/mol. The third kappa shape index (κ3) is 6.78. The van der Waals surface area contributed by atoms with Crippen molar-refractivity contribution in [1.82, 2.24) is 19.5 Å². The van der Waals surface area contributed by atoms with E-state index >= 15 is 4.39 Å². The first-order valence-electron chi connectivity index (χ1n) is 15.0. The number of aromatic nitrogens is 3. The second-order valence-electron chi connectivity index (χ2n) is 11.7. The Bertz CT molecular complexity index is 1740. The number of aliphatic hydroxyl groups excluding tert-OH is 2. The lowest BCUT2D eigenvalue weighted by atomic mass is 10.0. The minimum atomic E-state index is -1.30. The molecule has 3 heterocycles. The van der Waals surface area contributed by atoms with Crippen LogP contribution in [0.25, 0.3) is 5.52 Å². The molecular formula is C32H34F2N6O6. The fourth-order valence-electron chi connectivity index (χ4n) is 5.45. The van der Waals surface area contributed by atoms with Crippen molar-refractivity contribution in [2.75, 3.05) is 36.9 Å². The van der Waals surface area contributed by atoms with Crippen molar-refractivity contribution in [1.29, 1.82) is 0 Å². The number of hydrogen-bond donors (Lipinski definition) is 4. The third-order valence-corrected chi connectivity index (χ3v) is 8.32. The molecule has 1 aliphatic carbocycles. The number of rotatable bonds is 11. The molecule has 0 bridgehead atoms. The molecule has 2 aromatic carbocycles. The number of β-amino-alcohol motifs (C(OH)–C–C–N with tert-alkyl or cyclic N) is 1. The van der Waals surface area contributed by atoms with Crippen LogP contribution < -0.4 is 20.1 Å². The molecule has 46 heavy (non-hydrogen) atoms. The van der Waals surface area contributed by atoms with Crippen LogP contribution in [0.2, 0.25) is 0 Å². The van der Waals surface area contributed by atoms with Gasteiger partial charge in [0, 0.05) is 42.6 Å². The highest BCUT2D eigenvalue weighted by Gasteiger charge is 2.56. The van der Waals surface area contributed by atoms with Crippen molar-refractivity contribution in [2.24, 2.45) is 5.41 Å². The molecule has 1 atom stereocenters. The zero-order chi connectivity index (χ0) is 32.4. The van der Waals surface area contributed by atoms with E-state index in [-0.39, 0.29) is 30.0 Å². The Balaban J connectivity index is 1.09. The van der Waals surface area contributed by atoms with Gasteiger partial charge in [-0.2, -0.15) is 10.1 Å². The first kappa shape index (κ1) is 31.3. The number of aryl methyl sites for hydroxylation is 1. The van der Waals surface area contributed by atoms with E-state index in [2.05, 4.69) is 25.6 Å². The number of benzene rings is 2. The average molecular weight is 637 g/mol. The summed E-state index contributed by atoms with van der Waals surface area (Å²) in [6.07, 6.45) is 3.84. The highest BCUT2D eigenvalue weighted by molar-refractivity contribution is 6.16. The molecule has 1 aliphatic heterocycles. The smallest absolute Gasteiger partial charge is 0.247 e. The lowest BCUT2D eigenvalue weighted by Crippen LogP contribution is -2.41. The summed E-state index contributed by atoms with van der Waals surface area (Å²) < 4.78 is 41.6. The van der Waals surface area contributed by atoms with Crippen LogP contribution in [0.1, 0.15) is 31.2 Å². The average Bonchev–Trinajstić information content (AvgIpc) is 3.79. The Morgan fingerprint density at radius 2 is 1.72 bits per heavy atom. The van der Waals surface area contributed by atoms with Gasteiger partial charge in [0.1, 0.15) is 41.5 Å². The molecule has 6 rings (SSSR count). The number of hydrogen-bond acceptors (Lipinski definition) is 9. The van der Waals surface area contributed by atoms with Crippen molar-refractivity contribution in [2.45, 2.75) is 44.8 Å². The second kappa shape index (κ2) is 13.0. The highest BCUT2D eigenvalue weighted by Crippen LogP contribution is 2.47. The molecule has 242 valence electrons. The maximum atomic E-state index is 15.2. The Hall–Kier alpha value is -4.66. The summed E-state index contributed by atoms with van der Waals surface area (Å²) >= 11 is 0. The van der Waals surface area contributed by atoms with Crippen LogP contribution in [0.5, 0.6) is 17.4 Å². The second-order valence-corrected chi connectivity index (χ2v) is 11.7. The lowest BCUT2D eigenvalue weighted by molar-refractivity contribution is -0.131. The molecule has 2 aromatic heterocycles. The van der Waals surface area contributed by atoms with Gasteiger partial charge in [0.2, 0.25) is 17.7 Å². The van der Waals surface area contributed by atoms with Gasteiger partial charge in [0.15, 0.2) is 11.6 Å². The number of amides is 2. The number of ether oxygens (including phenoxy) is 2. The number of nitrogens with zero attached hydrogens (tertiary/aromatic N) is 4. The van der Waals surface area contributed by atoms with Crippen molar-refractivity contribution in [3.63, 3.8) is 0 Å². The van der Waals surface area contributed by atoms with Crippen LogP contribution in [0.3, 0.4) is 0 Å². The van der Waals surface area contributed by atoms with Crippen LogP contribution in [-0.4, -0.2) is 80.0 Å². The predicted octanol–water partition coefficient (Wildman–Crippen LogP) is 3.66. The van der Waals surface area contributed by atoms with Crippen LogP contribution >= 0.6 is 0 Å². The fraction of sp³-hybridized carbons (Fsp3) is 0.375. The molecule has 2 aliphatic rings. The molecule has 1 saturated carbocycles. The number of nitrogens with one attached hydrogen (secondary N) is 2. The van der Waals surface area contributed by atoms with Gasteiger partial charge in [-0.3, -0.25) is 9.59 Å². The van der Waals surface area contributed by atoms with E-state index in [0.29, 0.717) is 67.8 Å². The fourth-order valence-corrected chi connectivity index (χ4v) is 5.45. The van der Waals surface area contributed by atoms with Gasteiger partial charge in [-0.05, 0) is 69.0 Å². The number of anilines is 2. The maximum absolute atomic E-state index is 15.2. The third-order valence-electron chi connectivity index (χ3n) is 8.32. The Morgan fingerprint density at radius 3 is 2.39 bits per heavy atom. The SMILES string of the molecule is Cc1c(OCC(O)CN2CCC(O)CC2)cn2ncnc(Oc3ccc(NC(=O)C4(C(=O)Nc5ccc(F)cc5)CC4)cc3F)c12. The molecular weight excluding hydrogens is 602 g/mol. The van der Waals surface area contributed by atoms with Gasteiger partial charge in [-0.1, -0.05) is 0 Å². The van der Waals surface area contributed by atoms with Gasteiger partial charge >= 0.3 is 0 Å². The largest absolute Gasteiger partial charge is 0.489 e. The summed E-state index contributed by atoms with van der Waals surface area (Å²) in [5.41, 5.74) is 0.267. The maximum Gasteiger partial charge on any atom is 0.247 e. The molecule has 2 fully saturated rings. The zero-order valence-electron chi connectivity index (χ0n) is 25.1. The van der Waals surface area contributed by atoms with Crippen LogP contribution in [0, 0.1) is 24.0 Å². The number of likely N-dealkylation sites (tertiary alicyclic amines) is 1. The number of halogens is 2. The molecule has 4 aromatic rings. The number of carbonyl (C=O) groups is 2. The minimum absolute atomic E-state index is 0.0391. The van der Waals surface area contributed by atoms with E-state index in [9.17, 15) is 24.2 Å². The summed E-state index contributed by atoms with van der Waals surface area (Å²) in [6, 6.07) is 9.09. The van der Waals surface area contributed by atoms with Crippen molar-refractivity contribution < 1.29 is 38.1 Å². The lowest BCUT2D eigenvalue weighted by Gasteiger charge is -2.30. The topological polar surface area (TPSA) is 151 Å². The summed E-state index contributed by atoms with van der Waals surface area (Å²) in [6.45, 7) is 3.66. The summed E-state index contributed by atoms with van der Waals surface area (Å²) in [5.74, 6) is -1.95. The number of aliphatic hydroxyl groups is 2. The van der Waals surface area contributed by atoms with Crippen molar-refractivity contribution in [3.05, 3.63) is 72.2 Å². The van der Waals surface area contributed by atoms with Gasteiger partial charge < -0.3 is 35.2 Å². The first-order chi connectivity index (χ1) is 22.1. The summed E-state index contributed by atoms with van der Waals surface area (Å²) in [7, 11) is 0. The molecule has 12 nitrogen and oxygen atoms in total. The standard InChI is InChI=1S/C32H34F2N6O6/c1-19-27(45-17-24(42)15-39-12-8-23(41)9-13-39)16-40-28(19)29(35-18-36-40)46-26-7-6-22(14-25(26)34)38-31(44)32(10-11-32)30(43)37-21-4-2-20(33)3-5-21/h2-7,14,16,18,23-24,41-42H,8-13,15,17H2,1H3,(H,37,43)(H,38,44). The molecule has 4 N–H and O–H groups in total.